The molecule has 0 atom stereocenters. The summed E-state index contributed by atoms with van der Waals surface area (Å²) in [7, 11) is 1.54. The predicted octanol–water partition coefficient (Wildman–Crippen LogP) is 3.89. The van der Waals surface area contributed by atoms with Crippen LogP contribution in [0.15, 0.2) is 63.9 Å². The Hall–Kier alpha value is -4.11. The number of amidine groups is 1. The molecule has 0 radical (unpaired) electrons. The van der Waals surface area contributed by atoms with Gasteiger partial charge in [-0.2, -0.15) is 0 Å². The molecule has 2 aromatic carbocycles. The molecule has 1 fully saturated rings. The van der Waals surface area contributed by atoms with Gasteiger partial charge in [-0.05, 0) is 48.2 Å². The molecule has 158 valence electrons. The molecule has 2 N–H and O–H groups in total. The number of amides is 3. The van der Waals surface area contributed by atoms with Crippen LogP contribution in [0.4, 0.5) is 5.69 Å². The molecular formula is C23H15N3O5S. The molecular weight excluding hydrogens is 430 g/mol. The number of rotatable bonds is 4. The number of imide groups is 1. The van der Waals surface area contributed by atoms with Crippen LogP contribution in [0.3, 0.4) is 0 Å². The van der Waals surface area contributed by atoms with Crippen molar-refractivity contribution in [1.82, 2.24) is 5.32 Å². The van der Waals surface area contributed by atoms with Gasteiger partial charge in [-0.1, -0.05) is 12.1 Å². The van der Waals surface area contributed by atoms with Crippen LogP contribution in [0.5, 0.6) is 5.75 Å². The molecule has 1 saturated heterocycles. The first kappa shape index (κ1) is 19.8. The summed E-state index contributed by atoms with van der Waals surface area (Å²) in [5.41, 5.74) is 1.81. The van der Waals surface area contributed by atoms with E-state index in [9.17, 15) is 14.4 Å². The minimum Gasteiger partial charge on any atom is -0.497 e. The number of furan rings is 1. The summed E-state index contributed by atoms with van der Waals surface area (Å²) in [5.74, 6) is 0.315. The zero-order valence-corrected chi connectivity index (χ0v) is 17.5. The number of ether oxygens (including phenoxy) is 1. The number of thioether (sulfide) groups is 1. The van der Waals surface area contributed by atoms with Gasteiger partial charge in [-0.25, -0.2) is 0 Å². The predicted molar refractivity (Wildman–Crippen MR) is 120 cm³/mol. The Balaban J connectivity index is 1.42. The van der Waals surface area contributed by atoms with E-state index in [1.165, 1.54) is 12.0 Å². The molecule has 0 aliphatic carbocycles. The standard InChI is InChI=1S/C23H15N3O5S/c1-30-14-4-2-3-13(10-14)26-22(29)19(32-23(26)24)11-15-6-8-18(31-15)12-5-7-16-17(9-12)21(28)25-20(16)27/h2-11,24H,1H3,(H,25,27,28). The molecule has 0 unspecified atom stereocenters. The van der Waals surface area contributed by atoms with E-state index in [2.05, 4.69) is 5.32 Å². The van der Waals surface area contributed by atoms with Gasteiger partial charge in [0.05, 0.1) is 28.8 Å². The van der Waals surface area contributed by atoms with Gasteiger partial charge in [0.2, 0.25) is 0 Å². The zero-order chi connectivity index (χ0) is 22.4. The highest BCUT2D eigenvalue weighted by Gasteiger charge is 2.34. The van der Waals surface area contributed by atoms with Gasteiger partial charge >= 0.3 is 0 Å². The van der Waals surface area contributed by atoms with Gasteiger partial charge in [0.15, 0.2) is 5.17 Å². The highest BCUT2D eigenvalue weighted by atomic mass is 32.2. The van der Waals surface area contributed by atoms with Crippen molar-refractivity contribution in [2.45, 2.75) is 0 Å². The third-order valence-corrected chi connectivity index (χ3v) is 5.94. The Kier molecular flexibility index (Phi) is 4.67. The molecule has 3 aromatic rings. The summed E-state index contributed by atoms with van der Waals surface area (Å²) in [5, 5.41) is 10.6. The van der Waals surface area contributed by atoms with Crippen LogP contribution >= 0.6 is 11.8 Å². The number of anilines is 1. The van der Waals surface area contributed by atoms with Gasteiger partial charge in [0, 0.05) is 17.7 Å². The SMILES string of the molecule is COc1cccc(N2C(=N)SC(=Cc3ccc(-c4ccc5c(c4)C(=O)NC5=O)o3)C2=O)c1. The molecule has 0 bridgehead atoms. The lowest BCUT2D eigenvalue weighted by Gasteiger charge is -2.15. The summed E-state index contributed by atoms with van der Waals surface area (Å²) < 4.78 is 11.1. The van der Waals surface area contributed by atoms with Crippen LogP contribution in [-0.2, 0) is 4.79 Å². The Morgan fingerprint density at radius 1 is 1.03 bits per heavy atom. The second-order valence-corrected chi connectivity index (χ2v) is 8.03. The molecule has 1 aromatic heterocycles. The van der Waals surface area contributed by atoms with Crippen molar-refractivity contribution in [3.63, 3.8) is 0 Å². The zero-order valence-electron chi connectivity index (χ0n) is 16.7. The summed E-state index contributed by atoms with van der Waals surface area (Å²) in [6.45, 7) is 0. The van der Waals surface area contributed by atoms with E-state index in [-0.39, 0.29) is 11.1 Å². The van der Waals surface area contributed by atoms with Crippen LogP contribution in [0.25, 0.3) is 17.4 Å². The van der Waals surface area contributed by atoms with Gasteiger partial charge < -0.3 is 9.15 Å². The van der Waals surface area contributed by atoms with Crippen molar-refractivity contribution < 1.29 is 23.5 Å². The van der Waals surface area contributed by atoms with E-state index in [1.807, 2.05) is 0 Å². The maximum atomic E-state index is 12.9. The highest BCUT2D eigenvalue weighted by Crippen LogP contribution is 2.37. The van der Waals surface area contributed by atoms with Gasteiger partial charge in [0.1, 0.15) is 17.3 Å². The number of hydrogen-bond donors (Lipinski definition) is 2. The number of nitrogens with one attached hydrogen (secondary N) is 2. The third-order valence-electron chi connectivity index (χ3n) is 5.06. The second-order valence-electron chi connectivity index (χ2n) is 7.00. The smallest absolute Gasteiger partial charge is 0.271 e. The molecule has 3 heterocycles. The summed E-state index contributed by atoms with van der Waals surface area (Å²) in [6, 6.07) is 15.2. The summed E-state index contributed by atoms with van der Waals surface area (Å²) >= 11 is 1.04. The number of hydrogen-bond acceptors (Lipinski definition) is 7. The molecule has 2 aliphatic rings. The maximum Gasteiger partial charge on any atom is 0.271 e. The molecule has 8 nitrogen and oxygen atoms in total. The first-order valence-corrected chi connectivity index (χ1v) is 10.3. The number of carbonyl (C=O) groups excluding carboxylic acids is 3. The number of nitrogens with zero attached hydrogens (tertiary/aromatic N) is 1. The van der Waals surface area contributed by atoms with Crippen molar-refractivity contribution in [2.75, 3.05) is 12.0 Å². The molecule has 32 heavy (non-hydrogen) atoms. The number of carbonyl (C=O) groups is 3. The van der Waals surface area contributed by atoms with Crippen molar-refractivity contribution in [3.8, 4) is 17.1 Å². The lowest BCUT2D eigenvalue weighted by molar-refractivity contribution is -0.113. The van der Waals surface area contributed by atoms with Crippen LogP contribution in [-0.4, -0.2) is 30.0 Å². The van der Waals surface area contributed by atoms with Crippen LogP contribution in [0.1, 0.15) is 26.5 Å². The van der Waals surface area contributed by atoms with Crippen LogP contribution in [0, 0.1) is 5.41 Å². The third kappa shape index (κ3) is 3.28. The lowest BCUT2D eigenvalue weighted by atomic mass is 10.0. The van der Waals surface area contributed by atoms with Gasteiger partial charge in [0.25, 0.3) is 17.7 Å². The number of fused-ring (bicyclic) bond motifs is 1. The van der Waals surface area contributed by atoms with E-state index < -0.39 is 11.8 Å². The normalized spacial score (nSPS) is 16.7. The van der Waals surface area contributed by atoms with Crippen LogP contribution in [0.2, 0.25) is 0 Å². The van der Waals surface area contributed by atoms with Gasteiger partial charge in [-0.3, -0.25) is 30.0 Å². The first-order valence-electron chi connectivity index (χ1n) is 9.51. The number of benzene rings is 2. The minimum absolute atomic E-state index is 0.0792. The quantitative estimate of drug-likeness (QED) is 0.465. The Labute approximate surface area is 186 Å². The average molecular weight is 445 g/mol. The Bertz CT molecular complexity index is 1360. The molecule has 0 spiro atoms. The van der Waals surface area contributed by atoms with Crippen molar-refractivity contribution in [1.29, 1.82) is 5.41 Å². The van der Waals surface area contributed by atoms with E-state index in [1.54, 1.807) is 60.7 Å². The molecule has 9 heteroatoms. The summed E-state index contributed by atoms with van der Waals surface area (Å²) in [6.07, 6.45) is 1.58. The Morgan fingerprint density at radius 3 is 2.66 bits per heavy atom. The fraction of sp³-hybridized carbons (Fsp3) is 0.0435. The van der Waals surface area contributed by atoms with E-state index >= 15 is 0 Å². The Morgan fingerprint density at radius 2 is 1.84 bits per heavy atom. The largest absolute Gasteiger partial charge is 0.497 e. The topological polar surface area (TPSA) is 113 Å². The van der Waals surface area contributed by atoms with Crippen molar-refractivity contribution in [3.05, 3.63) is 76.4 Å². The molecule has 3 amide bonds. The highest BCUT2D eigenvalue weighted by molar-refractivity contribution is 8.19. The van der Waals surface area contributed by atoms with E-state index in [0.29, 0.717) is 44.6 Å². The molecule has 2 aliphatic heterocycles. The van der Waals surface area contributed by atoms with Crippen LogP contribution < -0.4 is 15.0 Å². The van der Waals surface area contributed by atoms with E-state index in [0.717, 1.165) is 11.8 Å². The average Bonchev–Trinajstić information content (AvgIpc) is 3.45. The van der Waals surface area contributed by atoms with E-state index in [4.69, 9.17) is 14.6 Å². The van der Waals surface area contributed by atoms with Crippen molar-refractivity contribution in [2.24, 2.45) is 0 Å². The lowest BCUT2D eigenvalue weighted by Crippen LogP contribution is -2.28. The fourth-order valence-corrected chi connectivity index (χ4v) is 4.35. The number of methoxy groups -OCH3 is 1. The minimum atomic E-state index is -0.440. The molecule has 0 saturated carbocycles. The molecule has 5 rings (SSSR count). The maximum absolute atomic E-state index is 12.9. The summed E-state index contributed by atoms with van der Waals surface area (Å²) in [4.78, 5) is 38.2. The van der Waals surface area contributed by atoms with Crippen molar-refractivity contribution >= 4 is 46.4 Å². The fourth-order valence-electron chi connectivity index (χ4n) is 3.51. The second kappa shape index (κ2) is 7.54. The van der Waals surface area contributed by atoms with Gasteiger partial charge in [-0.15, -0.1) is 0 Å². The first-order chi connectivity index (χ1) is 15.4. The monoisotopic (exact) mass is 445 g/mol.